The Labute approximate surface area is 158 Å². The Kier molecular flexibility index (Phi) is 5.48. The van der Waals surface area contributed by atoms with Gasteiger partial charge >= 0.3 is 0 Å². The van der Waals surface area contributed by atoms with Gasteiger partial charge in [0.1, 0.15) is 16.5 Å². The molecular weight excluding hydrogens is 371 g/mol. The Morgan fingerprint density at radius 3 is 2.33 bits per heavy atom. The molecule has 144 valence electrons. The molecule has 2 aromatic rings. The molecule has 1 fully saturated rings. The number of anilines is 1. The number of carbonyl (C=O) groups excluding carboxylic acids is 1. The first-order valence-corrected chi connectivity index (χ1v) is 10.0. The highest BCUT2D eigenvalue weighted by atomic mass is 32.2. The number of nitrogens with zero attached hydrogens (tertiary/aromatic N) is 2. The van der Waals surface area contributed by atoms with Gasteiger partial charge in [-0.2, -0.15) is 4.31 Å². The lowest BCUT2D eigenvalue weighted by molar-refractivity contribution is 0.0992. The van der Waals surface area contributed by atoms with Crippen molar-refractivity contribution in [1.82, 2.24) is 4.31 Å². The van der Waals surface area contributed by atoms with E-state index in [-0.39, 0.29) is 16.2 Å². The first-order chi connectivity index (χ1) is 12.8. The van der Waals surface area contributed by atoms with E-state index in [9.17, 15) is 17.6 Å². The van der Waals surface area contributed by atoms with Gasteiger partial charge in [-0.3, -0.25) is 4.79 Å². The summed E-state index contributed by atoms with van der Waals surface area (Å²) in [5.41, 5.74) is 0.710. The first kappa shape index (κ1) is 19.3. The quantitative estimate of drug-likeness (QED) is 0.785. The van der Waals surface area contributed by atoms with Crippen LogP contribution in [0.25, 0.3) is 0 Å². The fourth-order valence-corrected chi connectivity index (χ4v) is 4.75. The molecule has 1 aliphatic heterocycles. The van der Waals surface area contributed by atoms with Crippen LogP contribution in [0, 0.1) is 5.82 Å². The highest BCUT2D eigenvalue weighted by molar-refractivity contribution is 7.89. The van der Waals surface area contributed by atoms with Crippen LogP contribution in [-0.4, -0.2) is 45.9 Å². The van der Waals surface area contributed by atoms with Crippen molar-refractivity contribution in [2.24, 2.45) is 0 Å². The highest BCUT2D eigenvalue weighted by Crippen LogP contribution is 2.30. The first-order valence-electron chi connectivity index (χ1n) is 8.56. The summed E-state index contributed by atoms with van der Waals surface area (Å²) in [6.07, 6.45) is 1.63. The molecule has 0 radical (unpaired) electrons. The second kappa shape index (κ2) is 7.66. The van der Waals surface area contributed by atoms with Gasteiger partial charge in [0.25, 0.3) is 5.91 Å². The Bertz CT molecular complexity index is 939. The summed E-state index contributed by atoms with van der Waals surface area (Å²) in [6, 6.07) is 9.83. The molecule has 3 rings (SSSR count). The molecule has 1 amide bonds. The van der Waals surface area contributed by atoms with Crippen molar-refractivity contribution in [3.8, 4) is 5.75 Å². The summed E-state index contributed by atoms with van der Waals surface area (Å²) >= 11 is 0. The number of amides is 1. The fraction of sp³-hybridized carbons (Fsp3) is 0.316. The number of hydrogen-bond donors (Lipinski definition) is 0. The lowest BCUT2D eigenvalue weighted by Gasteiger charge is -2.20. The lowest BCUT2D eigenvalue weighted by atomic mass is 10.1. The summed E-state index contributed by atoms with van der Waals surface area (Å²) < 4.78 is 45.6. The van der Waals surface area contributed by atoms with Crippen molar-refractivity contribution < 1.29 is 22.3 Å². The van der Waals surface area contributed by atoms with E-state index in [2.05, 4.69) is 0 Å². The van der Waals surface area contributed by atoms with Crippen LogP contribution < -0.4 is 9.64 Å². The van der Waals surface area contributed by atoms with Crippen molar-refractivity contribution in [2.75, 3.05) is 32.1 Å². The summed E-state index contributed by atoms with van der Waals surface area (Å²) in [4.78, 5) is 14.1. The molecule has 0 spiro atoms. The minimum Gasteiger partial charge on any atom is -0.495 e. The van der Waals surface area contributed by atoms with Crippen LogP contribution in [0.4, 0.5) is 10.1 Å². The molecule has 2 aromatic carbocycles. The van der Waals surface area contributed by atoms with Gasteiger partial charge in [0.15, 0.2) is 0 Å². The number of sulfonamides is 1. The molecular formula is C19H21FN2O4S. The molecule has 0 bridgehead atoms. The Morgan fingerprint density at radius 2 is 1.74 bits per heavy atom. The van der Waals surface area contributed by atoms with E-state index in [1.54, 1.807) is 7.05 Å². The molecule has 8 heteroatoms. The number of hydrogen-bond acceptors (Lipinski definition) is 4. The average molecular weight is 392 g/mol. The second-order valence-electron chi connectivity index (χ2n) is 6.32. The molecule has 0 atom stereocenters. The van der Waals surface area contributed by atoms with Crippen molar-refractivity contribution in [1.29, 1.82) is 0 Å². The van der Waals surface area contributed by atoms with Crippen molar-refractivity contribution in [2.45, 2.75) is 17.7 Å². The van der Waals surface area contributed by atoms with Gasteiger partial charge in [-0.05, 0) is 55.3 Å². The third kappa shape index (κ3) is 3.81. The van der Waals surface area contributed by atoms with E-state index in [0.29, 0.717) is 18.8 Å². The van der Waals surface area contributed by atoms with Gasteiger partial charge in [-0.25, -0.2) is 12.8 Å². The monoisotopic (exact) mass is 392 g/mol. The maximum Gasteiger partial charge on any atom is 0.258 e. The van der Waals surface area contributed by atoms with Crippen LogP contribution in [0.2, 0.25) is 0 Å². The summed E-state index contributed by atoms with van der Waals surface area (Å²) in [7, 11) is -0.802. The maximum absolute atomic E-state index is 13.1. The predicted molar refractivity (Wildman–Crippen MR) is 100 cm³/mol. The SMILES string of the molecule is COc1ccc(C(=O)N(C)c2ccc(F)cc2)cc1S(=O)(=O)N1CCCC1. The number of rotatable bonds is 5. The molecule has 1 aliphatic rings. The van der Waals surface area contributed by atoms with Crippen LogP contribution in [0.15, 0.2) is 47.4 Å². The molecule has 0 N–H and O–H groups in total. The van der Waals surface area contributed by atoms with Crippen molar-refractivity contribution >= 4 is 21.6 Å². The Morgan fingerprint density at radius 1 is 1.11 bits per heavy atom. The average Bonchev–Trinajstić information content (AvgIpc) is 3.22. The van der Waals surface area contributed by atoms with E-state index < -0.39 is 21.7 Å². The van der Waals surface area contributed by atoms with E-state index in [4.69, 9.17) is 4.74 Å². The summed E-state index contributed by atoms with van der Waals surface area (Å²) in [6.45, 7) is 0.915. The molecule has 27 heavy (non-hydrogen) atoms. The second-order valence-corrected chi connectivity index (χ2v) is 8.22. The van der Waals surface area contributed by atoms with E-state index in [0.717, 1.165) is 12.8 Å². The number of halogens is 1. The molecule has 0 saturated carbocycles. The Hall–Kier alpha value is -2.45. The van der Waals surface area contributed by atoms with Crippen molar-refractivity contribution in [3.05, 3.63) is 53.8 Å². The van der Waals surface area contributed by atoms with Crippen LogP contribution >= 0.6 is 0 Å². The third-order valence-corrected chi connectivity index (χ3v) is 6.53. The fourth-order valence-electron chi connectivity index (χ4n) is 3.05. The van der Waals surface area contributed by atoms with E-state index in [1.165, 1.54) is 58.8 Å². The van der Waals surface area contributed by atoms with Gasteiger partial charge in [-0.15, -0.1) is 0 Å². The summed E-state index contributed by atoms with van der Waals surface area (Å²) in [5.74, 6) is -0.604. The number of benzene rings is 2. The zero-order chi connectivity index (χ0) is 19.6. The molecule has 1 heterocycles. The lowest BCUT2D eigenvalue weighted by Crippen LogP contribution is -2.29. The number of ether oxygens (including phenoxy) is 1. The number of carbonyl (C=O) groups is 1. The maximum atomic E-state index is 13.1. The topological polar surface area (TPSA) is 66.9 Å². The molecule has 1 saturated heterocycles. The van der Waals surface area contributed by atoms with Crippen LogP contribution in [0.1, 0.15) is 23.2 Å². The number of methoxy groups -OCH3 is 1. The van der Waals surface area contributed by atoms with Crippen LogP contribution in [-0.2, 0) is 10.0 Å². The molecule has 0 unspecified atom stereocenters. The van der Waals surface area contributed by atoms with Crippen LogP contribution in [0.5, 0.6) is 5.75 Å². The largest absolute Gasteiger partial charge is 0.495 e. The predicted octanol–water partition coefficient (Wildman–Crippen LogP) is 2.90. The van der Waals surface area contributed by atoms with Gasteiger partial charge in [-0.1, -0.05) is 0 Å². The van der Waals surface area contributed by atoms with E-state index >= 15 is 0 Å². The molecule has 0 aliphatic carbocycles. The zero-order valence-corrected chi connectivity index (χ0v) is 16.0. The zero-order valence-electron chi connectivity index (χ0n) is 15.2. The summed E-state index contributed by atoms with van der Waals surface area (Å²) in [5, 5.41) is 0. The highest BCUT2D eigenvalue weighted by Gasteiger charge is 2.31. The van der Waals surface area contributed by atoms with Gasteiger partial charge in [0.2, 0.25) is 10.0 Å². The molecule has 6 nitrogen and oxygen atoms in total. The third-order valence-electron chi connectivity index (χ3n) is 4.61. The van der Waals surface area contributed by atoms with Gasteiger partial charge < -0.3 is 9.64 Å². The smallest absolute Gasteiger partial charge is 0.258 e. The normalized spacial score (nSPS) is 14.9. The van der Waals surface area contributed by atoms with E-state index in [1.807, 2.05) is 0 Å². The minimum absolute atomic E-state index is 0.0229. The van der Waals surface area contributed by atoms with Gasteiger partial charge in [0.05, 0.1) is 7.11 Å². The minimum atomic E-state index is -3.75. The van der Waals surface area contributed by atoms with Crippen LogP contribution in [0.3, 0.4) is 0 Å². The standard InChI is InChI=1S/C19H21FN2O4S/c1-21(16-8-6-15(20)7-9-16)19(23)14-5-10-17(26-2)18(13-14)27(24,25)22-11-3-4-12-22/h5-10,13H,3-4,11-12H2,1-2H3. The Balaban J connectivity index is 1.97. The van der Waals surface area contributed by atoms with Crippen molar-refractivity contribution in [3.63, 3.8) is 0 Å². The molecule has 0 aromatic heterocycles. The van der Waals surface area contributed by atoms with Gasteiger partial charge in [0, 0.05) is 31.4 Å².